The quantitative estimate of drug-likeness (QED) is 0.107. The van der Waals surface area contributed by atoms with Crippen molar-refractivity contribution in [1.29, 1.82) is 0 Å². The van der Waals surface area contributed by atoms with Gasteiger partial charge in [-0.2, -0.15) is 0 Å². The number of carbonyl (C=O) groups is 4. The van der Waals surface area contributed by atoms with E-state index in [1.54, 1.807) is 24.3 Å². The van der Waals surface area contributed by atoms with Crippen LogP contribution in [0.15, 0.2) is 102 Å². The van der Waals surface area contributed by atoms with Gasteiger partial charge in [0.25, 0.3) is 11.8 Å². The number of unbranched alkanes of at least 4 members (excludes halogenated alkanes) is 1. The molecule has 41 heavy (non-hydrogen) atoms. The van der Waals surface area contributed by atoms with Crippen molar-refractivity contribution < 1.29 is 28.7 Å². The van der Waals surface area contributed by atoms with Gasteiger partial charge in [0.2, 0.25) is 0 Å². The van der Waals surface area contributed by atoms with Crippen LogP contribution in [0.4, 0.5) is 11.4 Å². The van der Waals surface area contributed by atoms with Crippen LogP contribution in [0.25, 0.3) is 10.8 Å². The minimum absolute atomic E-state index is 0.105. The topological polar surface area (TPSA) is 102 Å². The molecule has 1 aliphatic rings. The molecule has 1 aliphatic heterocycles. The number of amides is 2. The van der Waals surface area contributed by atoms with Crippen LogP contribution in [0, 0.1) is 0 Å². The molecule has 2 amide bonds. The number of hydrogen-bond acceptors (Lipinski definition) is 7. The predicted molar refractivity (Wildman–Crippen MR) is 156 cm³/mol. The smallest absolute Gasteiger partial charge is 0.343 e. The van der Waals surface area contributed by atoms with Crippen LogP contribution in [0.1, 0.15) is 40.5 Å². The second kappa shape index (κ2) is 12.1. The zero-order valence-corrected chi connectivity index (χ0v) is 22.8. The lowest BCUT2D eigenvalue weighted by molar-refractivity contribution is -0.120. The van der Waals surface area contributed by atoms with Crippen LogP contribution in [0.3, 0.4) is 0 Å². The molecule has 4 aromatic rings. The molecule has 206 valence electrons. The number of carbonyl (C=O) groups excluding carboxylic acids is 4. The van der Waals surface area contributed by atoms with Crippen molar-refractivity contribution in [2.75, 3.05) is 16.8 Å². The third-order valence-electron chi connectivity index (χ3n) is 6.44. The van der Waals surface area contributed by atoms with E-state index in [4.69, 9.17) is 21.1 Å². The van der Waals surface area contributed by atoms with E-state index in [9.17, 15) is 19.2 Å². The largest absolute Gasteiger partial charge is 0.462 e. The van der Waals surface area contributed by atoms with Gasteiger partial charge in [0, 0.05) is 5.69 Å². The molecule has 1 heterocycles. The average molecular weight is 569 g/mol. The number of fused-ring (bicyclic) bond motifs is 1. The molecule has 0 radical (unpaired) electrons. The Balaban J connectivity index is 1.24. The second-order valence-electron chi connectivity index (χ2n) is 9.27. The first-order chi connectivity index (χ1) is 19.9. The molecule has 0 fully saturated rings. The van der Waals surface area contributed by atoms with Gasteiger partial charge in [-0.3, -0.25) is 9.59 Å². The fourth-order valence-electron chi connectivity index (χ4n) is 4.22. The van der Waals surface area contributed by atoms with Crippen molar-refractivity contribution in [2.24, 2.45) is 0 Å². The molecule has 0 aliphatic carbocycles. The molecule has 5 rings (SSSR count). The maximum Gasteiger partial charge on any atom is 0.343 e. The molecule has 0 unspecified atom stereocenters. The number of anilines is 2. The summed E-state index contributed by atoms with van der Waals surface area (Å²) in [4.78, 5) is 51.7. The summed E-state index contributed by atoms with van der Waals surface area (Å²) in [7, 11) is 0. The highest BCUT2D eigenvalue weighted by molar-refractivity contribution is 6.53. The van der Waals surface area contributed by atoms with E-state index in [1.165, 1.54) is 36.4 Å². The van der Waals surface area contributed by atoms with Crippen LogP contribution in [0.2, 0.25) is 0 Å². The number of benzene rings is 4. The van der Waals surface area contributed by atoms with Crippen LogP contribution in [0.5, 0.6) is 5.75 Å². The maximum absolute atomic E-state index is 13.1. The van der Waals surface area contributed by atoms with Gasteiger partial charge >= 0.3 is 11.9 Å². The highest BCUT2D eigenvalue weighted by atomic mass is 35.5. The standard InChI is InChI=1S/C32H25ClN2O6/c1-2-3-18-40-31(38)21-10-15-25(16-11-21)35-29(36)27(33)28(30(35)37)34-24-13-8-22(9-14-24)32(39)41-26-17-12-20-6-4-5-7-23(20)19-26/h4-17,19,34H,2-3,18H2,1H3. The Kier molecular flexibility index (Phi) is 8.12. The number of hydrogen-bond donors (Lipinski definition) is 1. The van der Waals surface area contributed by atoms with Crippen LogP contribution < -0.4 is 15.0 Å². The Morgan fingerprint density at radius 3 is 2.17 bits per heavy atom. The maximum atomic E-state index is 13.1. The number of halogens is 1. The van der Waals surface area contributed by atoms with Crippen molar-refractivity contribution in [3.05, 3.63) is 113 Å². The van der Waals surface area contributed by atoms with Gasteiger partial charge in [0.05, 0.1) is 23.4 Å². The molecular weight excluding hydrogens is 544 g/mol. The Bertz CT molecular complexity index is 1680. The van der Waals surface area contributed by atoms with Gasteiger partial charge in [-0.15, -0.1) is 0 Å². The third-order valence-corrected chi connectivity index (χ3v) is 6.79. The summed E-state index contributed by atoms with van der Waals surface area (Å²) in [6, 6.07) is 25.3. The average Bonchev–Trinajstić information content (AvgIpc) is 3.20. The molecule has 8 nitrogen and oxygen atoms in total. The van der Waals surface area contributed by atoms with E-state index >= 15 is 0 Å². The molecule has 0 atom stereocenters. The number of nitrogens with one attached hydrogen (secondary N) is 1. The van der Waals surface area contributed by atoms with Crippen LogP contribution in [-0.2, 0) is 14.3 Å². The summed E-state index contributed by atoms with van der Waals surface area (Å²) in [5, 5.41) is 4.58. The Morgan fingerprint density at radius 2 is 1.46 bits per heavy atom. The summed E-state index contributed by atoms with van der Waals surface area (Å²) < 4.78 is 10.7. The molecule has 0 saturated carbocycles. The zero-order valence-electron chi connectivity index (χ0n) is 22.1. The van der Waals surface area contributed by atoms with Gasteiger partial charge in [-0.05, 0) is 77.9 Å². The summed E-state index contributed by atoms with van der Waals surface area (Å²) in [6.07, 6.45) is 1.66. The van der Waals surface area contributed by atoms with E-state index in [-0.39, 0.29) is 16.4 Å². The monoisotopic (exact) mass is 568 g/mol. The fourth-order valence-corrected chi connectivity index (χ4v) is 4.43. The summed E-state index contributed by atoms with van der Waals surface area (Å²) in [5.74, 6) is -1.96. The van der Waals surface area contributed by atoms with E-state index in [1.807, 2.05) is 37.3 Å². The van der Waals surface area contributed by atoms with Crippen molar-refractivity contribution in [3.63, 3.8) is 0 Å². The van der Waals surface area contributed by atoms with Crippen molar-refractivity contribution >= 4 is 57.5 Å². The van der Waals surface area contributed by atoms with Gasteiger partial charge in [0.15, 0.2) is 0 Å². The molecule has 0 saturated heterocycles. The number of imide groups is 1. The number of esters is 2. The fraction of sp³-hybridized carbons (Fsp3) is 0.125. The van der Waals surface area contributed by atoms with E-state index < -0.39 is 23.8 Å². The van der Waals surface area contributed by atoms with Gasteiger partial charge < -0.3 is 14.8 Å². The molecule has 1 N–H and O–H groups in total. The normalized spacial score (nSPS) is 13.1. The first-order valence-electron chi connectivity index (χ1n) is 13.0. The van der Waals surface area contributed by atoms with Crippen molar-refractivity contribution in [3.8, 4) is 5.75 Å². The summed E-state index contributed by atoms with van der Waals surface area (Å²) in [6.45, 7) is 2.32. The SMILES string of the molecule is CCCCOC(=O)c1ccc(N2C(=O)C(Cl)=C(Nc3ccc(C(=O)Oc4ccc5ccccc5c4)cc3)C2=O)cc1. The lowest BCUT2D eigenvalue weighted by atomic mass is 10.1. The molecule has 0 aromatic heterocycles. The molecule has 0 bridgehead atoms. The predicted octanol–water partition coefficient (Wildman–Crippen LogP) is 6.45. The van der Waals surface area contributed by atoms with Crippen molar-refractivity contribution in [1.82, 2.24) is 0 Å². The Hall–Kier alpha value is -4.95. The third kappa shape index (κ3) is 5.97. The number of ether oxygens (including phenoxy) is 2. The minimum atomic E-state index is -0.701. The Morgan fingerprint density at radius 1 is 0.805 bits per heavy atom. The lowest BCUT2D eigenvalue weighted by Crippen LogP contribution is -2.32. The highest BCUT2D eigenvalue weighted by Crippen LogP contribution is 2.30. The molecule has 0 spiro atoms. The minimum Gasteiger partial charge on any atom is -0.462 e. The van der Waals surface area contributed by atoms with Crippen molar-refractivity contribution in [2.45, 2.75) is 19.8 Å². The molecular formula is C32H25ClN2O6. The van der Waals surface area contributed by atoms with E-state index in [2.05, 4.69) is 5.32 Å². The second-order valence-corrected chi connectivity index (χ2v) is 9.65. The van der Waals surface area contributed by atoms with Crippen LogP contribution >= 0.6 is 11.6 Å². The van der Waals surface area contributed by atoms with E-state index in [0.717, 1.165) is 28.5 Å². The number of nitrogens with zero attached hydrogens (tertiary/aromatic N) is 1. The summed E-state index contributed by atoms with van der Waals surface area (Å²) >= 11 is 6.24. The van der Waals surface area contributed by atoms with E-state index in [0.29, 0.717) is 29.2 Å². The first-order valence-corrected chi connectivity index (χ1v) is 13.4. The number of rotatable bonds is 9. The zero-order chi connectivity index (χ0) is 28.9. The summed E-state index contributed by atoms with van der Waals surface area (Å²) in [5.41, 5.74) is 1.19. The molecule has 4 aromatic carbocycles. The van der Waals surface area contributed by atoms with Gasteiger partial charge in [0.1, 0.15) is 16.5 Å². The van der Waals surface area contributed by atoms with Crippen LogP contribution in [-0.4, -0.2) is 30.4 Å². The highest BCUT2D eigenvalue weighted by Gasteiger charge is 2.39. The first kappa shape index (κ1) is 27.6. The van der Waals surface area contributed by atoms with Gasteiger partial charge in [-0.1, -0.05) is 55.3 Å². The Labute approximate surface area is 241 Å². The lowest BCUT2D eigenvalue weighted by Gasteiger charge is -2.15. The van der Waals surface area contributed by atoms with Gasteiger partial charge in [-0.25, -0.2) is 14.5 Å². The molecule has 9 heteroatoms.